The van der Waals surface area contributed by atoms with Crippen molar-refractivity contribution in [3.8, 4) is 0 Å². The highest BCUT2D eigenvalue weighted by Crippen LogP contribution is 2.22. The summed E-state index contributed by atoms with van der Waals surface area (Å²) in [7, 11) is 2.00. The standard InChI is InChI=1S/C13H24N4/c1-10-6-5-7-11(2)17(10)15-12(3)13-8-9-14-16(13)4/h8-12,15H,5-7H2,1-4H3. The lowest BCUT2D eigenvalue weighted by Crippen LogP contribution is -2.52. The third kappa shape index (κ3) is 2.69. The quantitative estimate of drug-likeness (QED) is 0.874. The largest absolute Gasteiger partial charge is 0.271 e. The Morgan fingerprint density at radius 2 is 2.00 bits per heavy atom. The van der Waals surface area contributed by atoms with Crippen molar-refractivity contribution in [1.82, 2.24) is 20.2 Å². The predicted molar refractivity (Wildman–Crippen MR) is 69.4 cm³/mol. The van der Waals surface area contributed by atoms with Crippen LogP contribution in [0.15, 0.2) is 12.3 Å². The molecule has 1 aromatic rings. The van der Waals surface area contributed by atoms with E-state index in [0.717, 1.165) is 0 Å². The van der Waals surface area contributed by atoms with E-state index in [-0.39, 0.29) is 0 Å². The van der Waals surface area contributed by atoms with E-state index in [2.05, 4.69) is 42.4 Å². The topological polar surface area (TPSA) is 33.1 Å². The van der Waals surface area contributed by atoms with Crippen molar-refractivity contribution in [1.29, 1.82) is 0 Å². The van der Waals surface area contributed by atoms with Gasteiger partial charge in [0.25, 0.3) is 0 Å². The van der Waals surface area contributed by atoms with Gasteiger partial charge in [-0.25, -0.2) is 10.4 Å². The first-order valence-corrected chi connectivity index (χ1v) is 6.62. The van der Waals surface area contributed by atoms with Crippen LogP contribution < -0.4 is 5.43 Å². The molecule has 0 saturated carbocycles. The number of piperidine rings is 1. The molecule has 0 amide bonds. The number of nitrogens with one attached hydrogen (secondary N) is 1. The molecule has 1 saturated heterocycles. The molecule has 0 aromatic carbocycles. The number of nitrogens with zero attached hydrogens (tertiary/aromatic N) is 3. The molecule has 17 heavy (non-hydrogen) atoms. The molecule has 0 aliphatic carbocycles. The maximum Gasteiger partial charge on any atom is 0.0605 e. The van der Waals surface area contributed by atoms with E-state index in [1.165, 1.54) is 25.0 Å². The summed E-state index contributed by atoms with van der Waals surface area (Å²) in [6, 6.07) is 3.63. The lowest BCUT2D eigenvalue weighted by Gasteiger charge is -2.40. The minimum atomic E-state index is 0.311. The molecule has 2 heterocycles. The molecule has 1 aliphatic heterocycles. The van der Waals surface area contributed by atoms with Crippen LogP contribution >= 0.6 is 0 Å². The van der Waals surface area contributed by atoms with E-state index < -0.39 is 0 Å². The van der Waals surface area contributed by atoms with Gasteiger partial charge in [0.2, 0.25) is 0 Å². The second-order valence-corrected chi connectivity index (χ2v) is 5.27. The molecule has 0 radical (unpaired) electrons. The first-order valence-electron chi connectivity index (χ1n) is 6.62. The molecule has 3 atom stereocenters. The van der Waals surface area contributed by atoms with Gasteiger partial charge in [-0.3, -0.25) is 4.68 Å². The average molecular weight is 236 g/mol. The number of rotatable bonds is 3. The monoisotopic (exact) mass is 236 g/mol. The van der Waals surface area contributed by atoms with E-state index in [4.69, 9.17) is 0 Å². The molecule has 3 unspecified atom stereocenters. The molecule has 1 fully saturated rings. The van der Waals surface area contributed by atoms with Crippen molar-refractivity contribution in [3.63, 3.8) is 0 Å². The molecule has 96 valence electrons. The van der Waals surface area contributed by atoms with Crippen molar-refractivity contribution >= 4 is 0 Å². The number of aryl methyl sites for hydroxylation is 1. The number of hydrogen-bond donors (Lipinski definition) is 1. The zero-order valence-corrected chi connectivity index (χ0v) is 11.3. The Morgan fingerprint density at radius 1 is 1.35 bits per heavy atom. The van der Waals surface area contributed by atoms with Crippen molar-refractivity contribution < 1.29 is 0 Å². The smallest absolute Gasteiger partial charge is 0.0605 e. The van der Waals surface area contributed by atoms with E-state index >= 15 is 0 Å². The Kier molecular flexibility index (Phi) is 3.84. The van der Waals surface area contributed by atoms with Gasteiger partial charge in [-0.15, -0.1) is 0 Å². The van der Waals surface area contributed by atoms with Crippen molar-refractivity contribution in [2.24, 2.45) is 7.05 Å². The molecule has 2 rings (SSSR count). The Morgan fingerprint density at radius 3 is 2.53 bits per heavy atom. The van der Waals surface area contributed by atoms with Crippen LogP contribution in [0.2, 0.25) is 0 Å². The highest BCUT2D eigenvalue weighted by Gasteiger charge is 2.26. The predicted octanol–water partition coefficient (Wildman–Crippen LogP) is 2.25. The summed E-state index contributed by atoms with van der Waals surface area (Å²) in [6.07, 6.45) is 5.78. The van der Waals surface area contributed by atoms with Gasteiger partial charge in [0.1, 0.15) is 0 Å². The summed E-state index contributed by atoms with van der Waals surface area (Å²) < 4.78 is 1.94. The van der Waals surface area contributed by atoms with Gasteiger partial charge in [-0.05, 0) is 39.7 Å². The Balaban J connectivity index is 2.02. The van der Waals surface area contributed by atoms with Crippen LogP contribution in [0.3, 0.4) is 0 Å². The lowest BCUT2D eigenvalue weighted by molar-refractivity contribution is 0.0308. The minimum absolute atomic E-state index is 0.311. The Hall–Kier alpha value is -0.870. The SMILES string of the molecule is CC(NN1C(C)CCCC1C)c1ccnn1C. The third-order valence-corrected chi connectivity index (χ3v) is 3.84. The summed E-state index contributed by atoms with van der Waals surface area (Å²) >= 11 is 0. The van der Waals surface area contributed by atoms with Gasteiger partial charge >= 0.3 is 0 Å². The van der Waals surface area contributed by atoms with Crippen molar-refractivity contribution in [3.05, 3.63) is 18.0 Å². The number of hydrazine groups is 1. The van der Waals surface area contributed by atoms with E-state index in [1.54, 1.807) is 0 Å². The van der Waals surface area contributed by atoms with Gasteiger partial charge < -0.3 is 0 Å². The molecule has 1 aromatic heterocycles. The fourth-order valence-corrected chi connectivity index (χ4v) is 2.77. The van der Waals surface area contributed by atoms with Gasteiger partial charge in [0.15, 0.2) is 0 Å². The van der Waals surface area contributed by atoms with Crippen LogP contribution in [0.5, 0.6) is 0 Å². The first kappa shape index (κ1) is 12.6. The Bertz CT molecular complexity index is 350. The Labute approximate surface area is 104 Å². The zero-order valence-electron chi connectivity index (χ0n) is 11.3. The van der Waals surface area contributed by atoms with Gasteiger partial charge in [-0.1, -0.05) is 6.42 Å². The molecule has 4 heteroatoms. The molecule has 1 aliphatic rings. The maximum absolute atomic E-state index is 4.23. The molecule has 0 bridgehead atoms. The molecular formula is C13H24N4. The highest BCUT2D eigenvalue weighted by atomic mass is 15.5. The summed E-state index contributed by atoms with van der Waals surface area (Å²) in [5, 5.41) is 6.64. The fraction of sp³-hybridized carbons (Fsp3) is 0.769. The third-order valence-electron chi connectivity index (χ3n) is 3.84. The molecule has 0 spiro atoms. The van der Waals surface area contributed by atoms with Crippen molar-refractivity contribution in [2.45, 2.75) is 58.2 Å². The number of hydrogen-bond acceptors (Lipinski definition) is 3. The maximum atomic E-state index is 4.23. The van der Waals surface area contributed by atoms with Crippen LogP contribution in [0.1, 0.15) is 51.8 Å². The van der Waals surface area contributed by atoms with Crippen LogP contribution in [0.4, 0.5) is 0 Å². The van der Waals surface area contributed by atoms with Gasteiger partial charge in [0.05, 0.1) is 11.7 Å². The summed E-state index contributed by atoms with van der Waals surface area (Å²) in [4.78, 5) is 0. The minimum Gasteiger partial charge on any atom is -0.271 e. The first-order chi connectivity index (χ1) is 8.09. The summed E-state index contributed by atoms with van der Waals surface area (Å²) in [5.41, 5.74) is 4.87. The fourth-order valence-electron chi connectivity index (χ4n) is 2.77. The lowest BCUT2D eigenvalue weighted by atomic mass is 9.99. The molecule has 1 N–H and O–H groups in total. The summed E-state index contributed by atoms with van der Waals surface area (Å²) in [6.45, 7) is 6.81. The van der Waals surface area contributed by atoms with Crippen LogP contribution in [0.25, 0.3) is 0 Å². The van der Waals surface area contributed by atoms with Crippen molar-refractivity contribution in [2.75, 3.05) is 0 Å². The number of aromatic nitrogens is 2. The van der Waals surface area contributed by atoms with E-state index in [9.17, 15) is 0 Å². The second kappa shape index (κ2) is 5.19. The normalized spacial score (nSPS) is 28.2. The summed E-state index contributed by atoms with van der Waals surface area (Å²) in [5.74, 6) is 0. The zero-order chi connectivity index (χ0) is 12.4. The highest BCUT2D eigenvalue weighted by molar-refractivity contribution is 5.05. The van der Waals surface area contributed by atoms with E-state index in [0.29, 0.717) is 18.1 Å². The molecular weight excluding hydrogens is 212 g/mol. The van der Waals surface area contributed by atoms with Crippen LogP contribution in [-0.4, -0.2) is 26.9 Å². The van der Waals surface area contributed by atoms with Gasteiger partial charge in [0, 0.05) is 25.3 Å². The molecule has 4 nitrogen and oxygen atoms in total. The van der Waals surface area contributed by atoms with Crippen LogP contribution in [0, 0.1) is 0 Å². The van der Waals surface area contributed by atoms with Crippen LogP contribution in [-0.2, 0) is 7.05 Å². The van der Waals surface area contributed by atoms with Gasteiger partial charge in [-0.2, -0.15) is 5.10 Å². The average Bonchev–Trinajstić information content (AvgIpc) is 2.70. The van der Waals surface area contributed by atoms with E-state index in [1.807, 2.05) is 17.9 Å². The second-order valence-electron chi connectivity index (χ2n) is 5.27.